The minimum Gasteiger partial charge on any atom is -0.319 e. The average Bonchev–Trinajstić information content (AvgIpc) is 2.97. The first-order valence-corrected chi connectivity index (χ1v) is 7.57. The molecule has 0 saturated heterocycles. The van der Waals surface area contributed by atoms with E-state index in [0.29, 0.717) is 16.5 Å². The number of pyridine rings is 2. The van der Waals surface area contributed by atoms with Gasteiger partial charge in [0.05, 0.1) is 10.6 Å². The van der Waals surface area contributed by atoms with Crippen molar-refractivity contribution in [3.05, 3.63) is 72.0 Å². The number of carbonyl (C=O) groups is 1. The molecule has 0 aliphatic heterocycles. The Morgan fingerprint density at radius 2 is 2.00 bits per heavy atom. The molecule has 0 aromatic carbocycles. The summed E-state index contributed by atoms with van der Waals surface area (Å²) in [6, 6.07) is 10.7. The van der Waals surface area contributed by atoms with Gasteiger partial charge >= 0.3 is 0 Å². The number of nitrogens with zero attached hydrogens (tertiary/aromatic N) is 3. The van der Waals surface area contributed by atoms with Gasteiger partial charge in [-0.25, -0.2) is 4.98 Å². The normalized spacial score (nSPS) is 10.4. The first-order chi connectivity index (χ1) is 10.7. The van der Waals surface area contributed by atoms with Crippen molar-refractivity contribution in [2.24, 2.45) is 0 Å². The van der Waals surface area contributed by atoms with E-state index in [-0.39, 0.29) is 5.91 Å². The summed E-state index contributed by atoms with van der Waals surface area (Å²) in [4.78, 5) is 20.9. The van der Waals surface area contributed by atoms with Crippen molar-refractivity contribution in [1.82, 2.24) is 13.9 Å². The largest absolute Gasteiger partial charge is 0.319 e. The van der Waals surface area contributed by atoms with E-state index in [9.17, 15) is 4.79 Å². The summed E-state index contributed by atoms with van der Waals surface area (Å²) in [5, 5.41) is 3.24. The van der Waals surface area contributed by atoms with Gasteiger partial charge in [-0.1, -0.05) is 17.7 Å². The zero-order valence-corrected chi connectivity index (χ0v) is 12.9. The monoisotopic (exact) mass is 330 g/mol. The minimum absolute atomic E-state index is 0.247. The third-order valence-electron chi connectivity index (χ3n) is 2.75. The third-order valence-corrected chi connectivity index (χ3v) is 4.13. The molecule has 0 radical (unpaired) electrons. The summed E-state index contributed by atoms with van der Waals surface area (Å²) < 4.78 is 1.84. The fourth-order valence-electron chi connectivity index (χ4n) is 1.75. The summed E-state index contributed by atoms with van der Waals surface area (Å²) >= 11 is 7.44. The van der Waals surface area contributed by atoms with Gasteiger partial charge in [-0.15, -0.1) is 0 Å². The summed E-state index contributed by atoms with van der Waals surface area (Å²) in [5.74, 6) is -0.247. The highest BCUT2D eigenvalue weighted by molar-refractivity contribution is 7.98. The molecule has 1 N–H and O–H groups in total. The number of carbonyl (C=O) groups excluding carboxylic acids is 1. The molecule has 0 atom stereocenters. The second kappa shape index (κ2) is 6.64. The van der Waals surface area contributed by atoms with E-state index in [1.807, 2.05) is 22.3 Å². The first-order valence-electron chi connectivity index (χ1n) is 6.41. The maximum absolute atomic E-state index is 12.0. The molecule has 0 bridgehead atoms. The number of rotatable bonds is 4. The van der Waals surface area contributed by atoms with Crippen LogP contribution in [0.4, 0.5) is 5.69 Å². The molecule has 0 aliphatic carbocycles. The second-order valence-electron chi connectivity index (χ2n) is 4.31. The average molecular weight is 331 g/mol. The molecule has 0 saturated carbocycles. The fourth-order valence-corrected chi connectivity index (χ4v) is 2.76. The Balaban J connectivity index is 1.69. The van der Waals surface area contributed by atoms with E-state index in [2.05, 4.69) is 15.3 Å². The van der Waals surface area contributed by atoms with Crippen LogP contribution >= 0.6 is 23.5 Å². The first kappa shape index (κ1) is 14.6. The lowest BCUT2D eigenvalue weighted by molar-refractivity contribution is 0.102. The number of hydrogen-bond donors (Lipinski definition) is 1. The van der Waals surface area contributed by atoms with Gasteiger partial charge in [-0.3, -0.25) is 13.8 Å². The summed E-state index contributed by atoms with van der Waals surface area (Å²) in [7, 11) is 0. The van der Waals surface area contributed by atoms with E-state index in [1.54, 1.807) is 42.9 Å². The van der Waals surface area contributed by atoms with Crippen molar-refractivity contribution in [1.29, 1.82) is 0 Å². The molecule has 0 aliphatic rings. The van der Waals surface area contributed by atoms with E-state index < -0.39 is 0 Å². The molecule has 3 aromatic rings. The number of aromatic nitrogens is 3. The molecule has 5 nitrogen and oxygen atoms in total. The molecule has 22 heavy (non-hydrogen) atoms. The highest BCUT2D eigenvalue weighted by atomic mass is 35.5. The second-order valence-corrected chi connectivity index (χ2v) is 5.71. The number of hydrogen-bond acceptors (Lipinski definition) is 4. The van der Waals surface area contributed by atoms with Crippen LogP contribution in [0.1, 0.15) is 10.5 Å². The van der Waals surface area contributed by atoms with E-state index in [4.69, 9.17) is 11.6 Å². The van der Waals surface area contributed by atoms with Gasteiger partial charge in [0.15, 0.2) is 0 Å². The fraction of sp³-hybridized carbons (Fsp3) is 0. The number of halogens is 1. The Bertz CT molecular complexity index is 791. The Hall–Kier alpha value is -2.31. The molecular formula is C15H11ClN4OS. The van der Waals surface area contributed by atoms with Gasteiger partial charge in [-0.2, -0.15) is 0 Å². The van der Waals surface area contributed by atoms with Crippen LogP contribution in [-0.2, 0) is 0 Å². The molecule has 3 rings (SSSR count). The summed E-state index contributed by atoms with van der Waals surface area (Å²) in [6.07, 6.45) is 6.86. The van der Waals surface area contributed by atoms with Crippen LogP contribution in [0.15, 0.2) is 66.1 Å². The number of anilines is 1. The van der Waals surface area contributed by atoms with E-state index in [1.165, 1.54) is 11.9 Å². The van der Waals surface area contributed by atoms with Crippen molar-refractivity contribution >= 4 is 35.1 Å². The van der Waals surface area contributed by atoms with Crippen LogP contribution in [0.2, 0.25) is 5.15 Å². The topological polar surface area (TPSA) is 59.8 Å². The van der Waals surface area contributed by atoms with Crippen molar-refractivity contribution in [3.8, 4) is 0 Å². The lowest BCUT2D eigenvalue weighted by Crippen LogP contribution is -2.12. The smallest absolute Gasteiger partial charge is 0.274 e. The molecule has 1 amide bonds. The Morgan fingerprint density at radius 3 is 2.77 bits per heavy atom. The van der Waals surface area contributed by atoms with Gasteiger partial charge in [-0.05, 0) is 42.3 Å². The van der Waals surface area contributed by atoms with Crippen molar-refractivity contribution in [3.63, 3.8) is 0 Å². The number of nitrogens with one attached hydrogen (secondary N) is 1. The molecular weight excluding hydrogens is 320 g/mol. The van der Waals surface area contributed by atoms with Crippen LogP contribution in [0, 0.1) is 0 Å². The quantitative estimate of drug-likeness (QED) is 0.740. The Kier molecular flexibility index (Phi) is 4.41. The zero-order chi connectivity index (χ0) is 15.4. The van der Waals surface area contributed by atoms with Gasteiger partial charge in [0.1, 0.15) is 10.8 Å². The van der Waals surface area contributed by atoms with Crippen molar-refractivity contribution in [2.75, 3.05) is 5.32 Å². The predicted octanol–water partition coefficient (Wildman–Crippen LogP) is 3.74. The predicted molar refractivity (Wildman–Crippen MR) is 87.1 cm³/mol. The molecule has 110 valence electrons. The SMILES string of the molecule is O=C(Nc1ccn(Sc2cccnc2Cl)c1)c1ccccn1. The van der Waals surface area contributed by atoms with Gasteiger partial charge in [0, 0.05) is 24.8 Å². The minimum atomic E-state index is -0.247. The van der Waals surface area contributed by atoms with E-state index in [0.717, 1.165) is 4.90 Å². The lowest BCUT2D eigenvalue weighted by Gasteiger charge is -2.03. The third kappa shape index (κ3) is 3.47. The van der Waals surface area contributed by atoms with Gasteiger partial charge in [0.2, 0.25) is 0 Å². The zero-order valence-electron chi connectivity index (χ0n) is 11.3. The molecule has 3 heterocycles. The van der Waals surface area contributed by atoms with E-state index >= 15 is 0 Å². The Morgan fingerprint density at radius 1 is 1.14 bits per heavy atom. The van der Waals surface area contributed by atoms with Crippen molar-refractivity contribution < 1.29 is 4.79 Å². The summed E-state index contributed by atoms with van der Waals surface area (Å²) in [6.45, 7) is 0. The number of amides is 1. The standard InChI is InChI=1S/C15H11ClN4OS/c16-14-13(5-3-8-18-14)22-20-9-6-11(10-20)19-15(21)12-4-1-2-7-17-12/h1-10H,(H,19,21). The maximum atomic E-state index is 12.0. The van der Waals surface area contributed by atoms with Crippen LogP contribution in [-0.4, -0.2) is 19.8 Å². The van der Waals surface area contributed by atoms with Crippen LogP contribution in [0.25, 0.3) is 0 Å². The summed E-state index contributed by atoms with van der Waals surface area (Å²) in [5.41, 5.74) is 1.06. The van der Waals surface area contributed by atoms with Gasteiger partial charge in [0.25, 0.3) is 5.91 Å². The molecule has 0 fully saturated rings. The van der Waals surface area contributed by atoms with Gasteiger partial charge < -0.3 is 5.32 Å². The lowest BCUT2D eigenvalue weighted by atomic mass is 10.3. The highest BCUT2D eigenvalue weighted by Crippen LogP contribution is 2.27. The molecule has 0 unspecified atom stereocenters. The van der Waals surface area contributed by atoms with Crippen LogP contribution in [0.5, 0.6) is 0 Å². The van der Waals surface area contributed by atoms with Crippen LogP contribution < -0.4 is 5.32 Å². The Labute approximate surface area is 136 Å². The molecule has 3 aromatic heterocycles. The molecule has 7 heteroatoms. The highest BCUT2D eigenvalue weighted by Gasteiger charge is 2.08. The van der Waals surface area contributed by atoms with Crippen LogP contribution in [0.3, 0.4) is 0 Å². The van der Waals surface area contributed by atoms with Crippen molar-refractivity contribution in [2.45, 2.75) is 4.90 Å². The molecule has 0 spiro atoms. The maximum Gasteiger partial charge on any atom is 0.274 e.